The summed E-state index contributed by atoms with van der Waals surface area (Å²) < 4.78 is 44.8. The molecule has 0 saturated heterocycles. The van der Waals surface area contributed by atoms with Crippen LogP contribution >= 0.6 is 11.6 Å². The summed E-state index contributed by atoms with van der Waals surface area (Å²) in [5.41, 5.74) is 0.995. The summed E-state index contributed by atoms with van der Waals surface area (Å²) in [7, 11) is 1.43. The molecule has 1 aliphatic rings. The highest BCUT2D eigenvalue weighted by molar-refractivity contribution is 6.30. The monoisotopic (exact) mass is 609 g/mol. The molecule has 0 bridgehead atoms. The predicted octanol–water partition coefficient (Wildman–Crippen LogP) is 4.87. The number of methoxy groups -OCH3 is 1. The summed E-state index contributed by atoms with van der Waals surface area (Å²) in [4.78, 5) is 52.0. The number of Topliss-reactive ketones (excluding diaryl/α,β-unsaturated/α-hetero) is 1. The third-order valence-corrected chi connectivity index (χ3v) is 7.66. The number of rotatable bonds is 12. The Bertz CT molecular complexity index is 1260. The van der Waals surface area contributed by atoms with Gasteiger partial charge in [0.25, 0.3) is 5.78 Å². The number of nitrogens with one attached hydrogen (secondary N) is 3. The molecule has 3 amide bonds. The minimum atomic E-state index is -5.17. The van der Waals surface area contributed by atoms with Crippen LogP contribution in [0.3, 0.4) is 0 Å². The van der Waals surface area contributed by atoms with E-state index in [0.717, 1.165) is 24.8 Å². The SMILES string of the molecule is COc1ccc(C(NC(=O)C(C)NC(=O)C(c2ccc(Cl)cc2)C2CCC2)C(=O)NC(C(=O)C(F)(F)F)C(C)C)cc1. The first-order valence-electron chi connectivity index (χ1n) is 13.6. The molecule has 0 aliphatic heterocycles. The quantitative estimate of drug-likeness (QED) is 0.318. The summed E-state index contributed by atoms with van der Waals surface area (Å²) in [6.07, 6.45) is -2.46. The van der Waals surface area contributed by atoms with Gasteiger partial charge in [-0.2, -0.15) is 13.2 Å². The van der Waals surface area contributed by atoms with Crippen LogP contribution < -0.4 is 20.7 Å². The van der Waals surface area contributed by atoms with Gasteiger partial charge in [-0.15, -0.1) is 0 Å². The first kappa shape index (κ1) is 32.9. The lowest BCUT2D eigenvalue weighted by atomic mass is 9.72. The van der Waals surface area contributed by atoms with E-state index < -0.39 is 53.7 Å². The summed E-state index contributed by atoms with van der Waals surface area (Å²) in [6.45, 7) is 4.18. The highest BCUT2D eigenvalue weighted by Crippen LogP contribution is 2.40. The molecule has 1 fully saturated rings. The van der Waals surface area contributed by atoms with Crippen LogP contribution in [-0.4, -0.2) is 48.9 Å². The van der Waals surface area contributed by atoms with Gasteiger partial charge in [0.2, 0.25) is 17.7 Å². The molecule has 1 saturated carbocycles. The van der Waals surface area contributed by atoms with Crippen molar-refractivity contribution >= 4 is 35.1 Å². The molecule has 4 unspecified atom stereocenters. The van der Waals surface area contributed by atoms with Crippen LogP contribution in [0.2, 0.25) is 5.02 Å². The second-order valence-electron chi connectivity index (χ2n) is 10.8. The number of hydrogen-bond acceptors (Lipinski definition) is 5. The van der Waals surface area contributed by atoms with Crippen LogP contribution in [0, 0.1) is 11.8 Å². The van der Waals surface area contributed by atoms with Crippen LogP contribution in [0.4, 0.5) is 13.2 Å². The normalized spacial score (nSPS) is 16.4. The maximum absolute atomic E-state index is 13.4. The van der Waals surface area contributed by atoms with Gasteiger partial charge in [0.05, 0.1) is 19.1 Å². The first-order valence-corrected chi connectivity index (χ1v) is 14.0. The number of carbonyl (C=O) groups is 4. The fourth-order valence-electron chi connectivity index (χ4n) is 4.76. The van der Waals surface area contributed by atoms with E-state index in [4.69, 9.17) is 16.3 Å². The van der Waals surface area contributed by atoms with Gasteiger partial charge in [0.1, 0.15) is 17.8 Å². The fraction of sp³-hybridized carbons (Fsp3) is 0.467. The van der Waals surface area contributed by atoms with E-state index in [0.29, 0.717) is 10.8 Å². The number of hydrogen-bond donors (Lipinski definition) is 3. The Morgan fingerprint density at radius 2 is 1.40 bits per heavy atom. The number of ketones is 1. The molecule has 0 spiro atoms. The molecule has 0 radical (unpaired) electrons. The summed E-state index contributed by atoms with van der Waals surface area (Å²) >= 11 is 6.01. The van der Waals surface area contributed by atoms with Crippen molar-refractivity contribution in [2.45, 2.75) is 70.3 Å². The summed E-state index contributed by atoms with van der Waals surface area (Å²) in [5, 5.41) is 7.92. The van der Waals surface area contributed by atoms with Crippen molar-refractivity contribution in [2.75, 3.05) is 7.11 Å². The lowest BCUT2D eigenvalue weighted by Crippen LogP contribution is -2.54. The van der Waals surface area contributed by atoms with E-state index in [1.54, 1.807) is 24.3 Å². The van der Waals surface area contributed by atoms with E-state index in [2.05, 4.69) is 16.0 Å². The van der Waals surface area contributed by atoms with Crippen molar-refractivity contribution in [1.82, 2.24) is 16.0 Å². The Hall–Kier alpha value is -3.60. The number of alkyl halides is 3. The molecule has 12 heteroatoms. The van der Waals surface area contributed by atoms with Crippen LogP contribution in [0.1, 0.15) is 63.1 Å². The van der Waals surface area contributed by atoms with E-state index in [-0.39, 0.29) is 17.4 Å². The Balaban J connectivity index is 1.81. The maximum Gasteiger partial charge on any atom is 0.452 e. The molecule has 228 valence electrons. The molecule has 0 aromatic heterocycles. The topological polar surface area (TPSA) is 114 Å². The van der Waals surface area contributed by atoms with Gasteiger partial charge in [-0.05, 0) is 67.0 Å². The van der Waals surface area contributed by atoms with Crippen LogP contribution in [0.15, 0.2) is 48.5 Å². The Kier molecular flexibility index (Phi) is 11.0. The van der Waals surface area contributed by atoms with Crippen molar-refractivity contribution in [2.24, 2.45) is 11.8 Å². The van der Waals surface area contributed by atoms with Gasteiger partial charge in [-0.1, -0.05) is 56.1 Å². The molecule has 0 heterocycles. The third-order valence-electron chi connectivity index (χ3n) is 7.41. The van der Waals surface area contributed by atoms with E-state index in [1.807, 2.05) is 0 Å². The maximum atomic E-state index is 13.4. The van der Waals surface area contributed by atoms with Gasteiger partial charge in [0, 0.05) is 5.02 Å². The average Bonchev–Trinajstić information content (AvgIpc) is 2.91. The van der Waals surface area contributed by atoms with Crippen molar-refractivity contribution < 1.29 is 37.1 Å². The zero-order valence-corrected chi connectivity index (χ0v) is 24.5. The second kappa shape index (κ2) is 14.0. The molecule has 1 aliphatic carbocycles. The molecule has 3 N–H and O–H groups in total. The number of ether oxygens (including phenoxy) is 1. The van der Waals surface area contributed by atoms with E-state index in [1.165, 1.54) is 52.1 Å². The summed E-state index contributed by atoms with van der Waals surface area (Å²) in [5.74, 6) is -5.08. The van der Waals surface area contributed by atoms with E-state index in [9.17, 15) is 32.3 Å². The zero-order valence-electron chi connectivity index (χ0n) is 23.8. The van der Waals surface area contributed by atoms with Crippen LogP contribution in [0.5, 0.6) is 5.75 Å². The number of amides is 3. The van der Waals surface area contributed by atoms with Crippen molar-refractivity contribution in [3.8, 4) is 5.75 Å². The number of carbonyl (C=O) groups excluding carboxylic acids is 4. The average molecular weight is 610 g/mol. The minimum absolute atomic E-state index is 0.0957. The van der Waals surface area contributed by atoms with Crippen molar-refractivity contribution in [1.29, 1.82) is 0 Å². The van der Waals surface area contributed by atoms with Gasteiger partial charge in [-0.25, -0.2) is 0 Å². The highest BCUT2D eigenvalue weighted by atomic mass is 35.5. The molecular formula is C30H35ClF3N3O5. The number of halogens is 4. The van der Waals surface area contributed by atoms with Gasteiger partial charge in [-0.3, -0.25) is 19.2 Å². The zero-order chi connectivity index (χ0) is 31.2. The Morgan fingerprint density at radius 1 is 0.833 bits per heavy atom. The minimum Gasteiger partial charge on any atom is -0.497 e. The molecule has 3 rings (SSSR count). The fourth-order valence-corrected chi connectivity index (χ4v) is 4.89. The highest BCUT2D eigenvalue weighted by Gasteiger charge is 2.45. The first-order chi connectivity index (χ1) is 19.7. The standard InChI is InChI=1S/C30H35ClF3N3O5/c1-16(2)24(26(38)30(32,33)34)36-29(41)25(20-10-14-22(42-4)15-11-20)37-27(39)17(3)35-28(40)23(18-6-5-7-18)19-8-12-21(31)13-9-19/h8-18,23-25H,5-7H2,1-4H3,(H,35,40)(H,36,41)(H,37,39). The Labute approximate surface area is 247 Å². The van der Waals surface area contributed by atoms with Gasteiger partial charge in [0.15, 0.2) is 0 Å². The van der Waals surface area contributed by atoms with Gasteiger partial charge >= 0.3 is 6.18 Å². The Morgan fingerprint density at radius 3 is 1.88 bits per heavy atom. The van der Waals surface area contributed by atoms with Gasteiger partial charge < -0.3 is 20.7 Å². The molecule has 8 nitrogen and oxygen atoms in total. The molecule has 2 aromatic rings. The predicted molar refractivity (Wildman–Crippen MR) is 151 cm³/mol. The molecule has 2 aromatic carbocycles. The van der Waals surface area contributed by atoms with E-state index >= 15 is 0 Å². The lowest BCUT2D eigenvalue weighted by molar-refractivity contribution is -0.175. The largest absolute Gasteiger partial charge is 0.497 e. The third kappa shape index (κ3) is 8.24. The number of benzene rings is 2. The molecular weight excluding hydrogens is 575 g/mol. The van der Waals surface area contributed by atoms with Crippen LogP contribution in [-0.2, 0) is 19.2 Å². The second-order valence-corrected chi connectivity index (χ2v) is 11.2. The van der Waals surface area contributed by atoms with Crippen molar-refractivity contribution in [3.63, 3.8) is 0 Å². The summed E-state index contributed by atoms with van der Waals surface area (Å²) in [6, 6.07) is 8.46. The molecule has 4 atom stereocenters. The lowest BCUT2D eigenvalue weighted by Gasteiger charge is -2.34. The molecule has 42 heavy (non-hydrogen) atoms. The van der Waals surface area contributed by atoms with Crippen molar-refractivity contribution in [3.05, 3.63) is 64.7 Å². The van der Waals surface area contributed by atoms with Crippen LogP contribution in [0.25, 0.3) is 0 Å². The smallest absolute Gasteiger partial charge is 0.452 e.